The van der Waals surface area contributed by atoms with Gasteiger partial charge in [-0.05, 0) is 24.6 Å². The van der Waals surface area contributed by atoms with Gasteiger partial charge >= 0.3 is 0 Å². The van der Waals surface area contributed by atoms with Crippen molar-refractivity contribution in [3.05, 3.63) is 22.7 Å². The van der Waals surface area contributed by atoms with Gasteiger partial charge in [0.1, 0.15) is 0 Å². The van der Waals surface area contributed by atoms with Crippen molar-refractivity contribution in [1.29, 1.82) is 0 Å². The lowest BCUT2D eigenvalue weighted by molar-refractivity contribution is -0.116. The minimum absolute atomic E-state index is 0.0779. The number of carbonyl (C=O) groups is 1. The lowest BCUT2D eigenvalue weighted by atomic mass is 10.1. The minimum atomic E-state index is 0.0779. The molecule has 0 atom stereocenters. The Hall–Kier alpha value is -0.940. The number of rotatable bonds is 10. The molecule has 0 aliphatic rings. The second kappa shape index (κ2) is 10.0. The Kier molecular flexibility index (Phi) is 8.03. The zero-order chi connectivity index (χ0) is 16.5. The number of amides is 1. The van der Waals surface area contributed by atoms with Crippen LogP contribution in [0.4, 0.5) is 5.13 Å². The molecule has 0 spiro atoms. The number of thiazole rings is 1. The molecule has 0 aliphatic carbocycles. The quantitative estimate of drug-likeness (QED) is 0.463. The van der Waals surface area contributed by atoms with Crippen LogP contribution in [0.15, 0.2) is 22.7 Å². The lowest BCUT2D eigenvalue weighted by Crippen LogP contribution is -2.10. The predicted molar refractivity (Wildman–Crippen MR) is 103 cm³/mol. The van der Waals surface area contributed by atoms with E-state index in [-0.39, 0.29) is 5.91 Å². The molecule has 0 bridgehead atoms. The van der Waals surface area contributed by atoms with Gasteiger partial charge in [0.2, 0.25) is 5.91 Å². The molecule has 2 rings (SSSR count). The molecular formula is C18H25BrN2OS. The SMILES string of the molecule is CCCCCCCCCCC(=O)Nc1nc2ccc(Br)cc2s1. The smallest absolute Gasteiger partial charge is 0.226 e. The maximum absolute atomic E-state index is 12.0. The highest BCUT2D eigenvalue weighted by molar-refractivity contribution is 9.10. The summed E-state index contributed by atoms with van der Waals surface area (Å²) in [7, 11) is 0. The third kappa shape index (κ3) is 6.60. The number of halogens is 1. The standard InChI is InChI=1S/C18H25BrN2OS/c1-2-3-4-5-6-7-8-9-10-17(22)21-18-20-15-12-11-14(19)13-16(15)23-18/h11-13H,2-10H2,1H3,(H,20,21,22). The summed E-state index contributed by atoms with van der Waals surface area (Å²) in [4.78, 5) is 16.4. The van der Waals surface area contributed by atoms with Gasteiger partial charge in [-0.3, -0.25) is 4.79 Å². The molecule has 0 unspecified atom stereocenters. The van der Waals surface area contributed by atoms with E-state index in [1.807, 2.05) is 18.2 Å². The molecule has 0 aliphatic heterocycles. The summed E-state index contributed by atoms with van der Waals surface area (Å²) in [5.41, 5.74) is 0.931. The van der Waals surface area contributed by atoms with Crippen LogP contribution in [-0.4, -0.2) is 10.9 Å². The first-order valence-corrected chi connectivity index (χ1v) is 10.2. The van der Waals surface area contributed by atoms with Crippen LogP contribution in [0.2, 0.25) is 0 Å². The molecule has 0 fully saturated rings. The Bertz CT molecular complexity index is 627. The van der Waals surface area contributed by atoms with Gasteiger partial charge in [-0.25, -0.2) is 4.98 Å². The molecule has 126 valence electrons. The molecule has 3 nitrogen and oxygen atoms in total. The normalized spacial score (nSPS) is 11.0. The first-order valence-electron chi connectivity index (χ1n) is 8.55. The Morgan fingerprint density at radius 2 is 1.83 bits per heavy atom. The second-order valence-electron chi connectivity index (χ2n) is 5.90. The summed E-state index contributed by atoms with van der Waals surface area (Å²) in [6.45, 7) is 2.24. The molecule has 1 aromatic heterocycles. The Balaban J connectivity index is 1.64. The van der Waals surface area contributed by atoms with Crippen LogP contribution in [0.1, 0.15) is 64.7 Å². The molecule has 0 saturated carbocycles. The number of hydrogen-bond donors (Lipinski definition) is 1. The summed E-state index contributed by atoms with van der Waals surface area (Å²) < 4.78 is 2.12. The van der Waals surface area contributed by atoms with E-state index in [9.17, 15) is 4.79 Å². The van der Waals surface area contributed by atoms with Crippen LogP contribution in [-0.2, 0) is 4.79 Å². The van der Waals surface area contributed by atoms with Crippen LogP contribution in [0.5, 0.6) is 0 Å². The molecule has 2 aromatic rings. The summed E-state index contributed by atoms with van der Waals surface area (Å²) in [6.07, 6.45) is 10.6. The van der Waals surface area contributed by atoms with Gasteiger partial charge in [-0.15, -0.1) is 0 Å². The van der Waals surface area contributed by atoms with Crippen LogP contribution < -0.4 is 5.32 Å². The van der Waals surface area contributed by atoms with Gasteiger partial charge in [0.05, 0.1) is 10.2 Å². The van der Waals surface area contributed by atoms with Crippen molar-refractivity contribution in [2.45, 2.75) is 64.7 Å². The van der Waals surface area contributed by atoms with E-state index >= 15 is 0 Å². The fourth-order valence-corrected chi connectivity index (χ4v) is 3.99. The Labute approximate surface area is 151 Å². The van der Waals surface area contributed by atoms with Crippen LogP contribution >= 0.6 is 27.3 Å². The van der Waals surface area contributed by atoms with Crippen molar-refractivity contribution >= 4 is 48.5 Å². The number of carbonyl (C=O) groups excluding carboxylic acids is 1. The van der Waals surface area contributed by atoms with E-state index in [0.717, 1.165) is 27.5 Å². The highest BCUT2D eigenvalue weighted by Crippen LogP contribution is 2.28. The molecule has 23 heavy (non-hydrogen) atoms. The number of nitrogens with zero attached hydrogens (tertiary/aromatic N) is 1. The van der Waals surface area contributed by atoms with E-state index in [4.69, 9.17) is 0 Å². The van der Waals surface area contributed by atoms with E-state index in [1.54, 1.807) is 0 Å². The number of anilines is 1. The van der Waals surface area contributed by atoms with Crippen molar-refractivity contribution in [1.82, 2.24) is 4.98 Å². The first-order chi connectivity index (χ1) is 11.2. The van der Waals surface area contributed by atoms with Gasteiger partial charge in [-0.2, -0.15) is 0 Å². The highest BCUT2D eigenvalue weighted by atomic mass is 79.9. The van der Waals surface area contributed by atoms with Gasteiger partial charge in [-0.1, -0.05) is 79.1 Å². The summed E-state index contributed by atoms with van der Waals surface area (Å²) >= 11 is 4.97. The van der Waals surface area contributed by atoms with E-state index < -0.39 is 0 Å². The number of hydrogen-bond acceptors (Lipinski definition) is 3. The Morgan fingerprint density at radius 1 is 1.13 bits per heavy atom. The van der Waals surface area contributed by atoms with E-state index in [2.05, 4.69) is 33.2 Å². The first kappa shape index (κ1) is 18.4. The van der Waals surface area contributed by atoms with E-state index in [0.29, 0.717) is 11.6 Å². The van der Waals surface area contributed by atoms with Crippen molar-refractivity contribution in [2.75, 3.05) is 5.32 Å². The number of nitrogens with one attached hydrogen (secondary N) is 1. The molecule has 0 saturated heterocycles. The fraction of sp³-hybridized carbons (Fsp3) is 0.556. The average Bonchev–Trinajstić information content (AvgIpc) is 2.91. The average molecular weight is 397 g/mol. The van der Waals surface area contributed by atoms with E-state index in [1.165, 1.54) is 49.9 Å². The third-order valence-corrected chi connectivity index (χ3v) is 5.28. The maximum Gasteiger partial charge on any atom is 0.226 e. The van der Waals surface area contributed by atoms with Crippen LogP contribution in [0.25, 0.3) is 10.2 Å². The summed E-state index contributed by atoms with van der Waals surface area (Å²) in [6, 6.07) is 5.96. The number of unbranched alkanes of at least 4 members (excludes halogenated alkanes) is 7. The van der Waals surface area contributed by atoms with Crippen molar-refractivity contribution < 1.29 is 4.79 Å². The molecule has 1 amide bonds. The molecule has 5 heteroatoms. The van der Waals surface area contributed by atoms with Gasteiger partial charge in [0.15, 0.2) is 5.13 Å². The number of benzene rings is 1. The second-order valence-corrected chi connectivity index (χ2v) is 7.85. The molecule has 1 aromatic carbocycles. The summed E-state index contributed by atoms with van der Waals surface area (Å²) in [5, 5.41) is 3.62. The zero-order valence-electron chi connectivity index (χ0n) is 13.7. The minimum Gasteiger partial charge on any atom is -0.302 e. The monoisotopic (exact) mass is 396 g/mol. The van der Waals surface area contributed by atoms with Crippen molar-refractivity contribution in [2.24, 2.45) is 0 Å². The molecule has 1 heterocycles. The van der Waals surface area contributed by atoms with Crippen LogP contribution in [0.3, 0.4) is 0 Å². The largest absolute Gasteiger partial charge is 0.302 e. The highest BCUT2D eigenvalue weighted by Gasteiger charge is 2.08. The Morgan fingerprint density at radius 3 is 2.57 bits per heavy atom. The topological polar surface area (TPSA) is 42.0 Å². The number of fused-ring (bicyclic) bond motifs is 1. The van der Waals surface area contributed by atoms with Gasteiger partial charge in [0, 0.05) is 10.9 Å². The van der Waals surface area contributed by atoms with Gasteiger partial charge < -0.3 is 5.32 Å². The van der Waals surface area contributed by atoms with Crippen molar-refractivity contribution in [3.8, 4) is 0 Å². The molecule has 0 radical (unpaired) electrons. The van der Waals surface area contributed by atoms with Gasteiger partial charge in [0.25, 0.3) is 0 Å². The molecular weight excluding hydrogens is 372 g/mol. The maximum atomic E-state index is 12.0. The lowest BCUT2D eigenvalue weighted by Gasteiger charge is -2.02. The fourth-order valence-electron chi connectivity index (χ4n) is 2.55. The molecule has 1 N–H and O–H groups in total. The van der Waals surface area contributed by atoms with Crippen LogP contribution in [0, 0.1) is 0 Å². The number of aromatic nitrogens is 1. The zero-order valence-corrected chi connectivity index (χ0v) is 16.1. The third-order valence-electron chi connectivity index (χ3n) is 3.85. The van der Waals surface area contributed by atoms with Crippen molar-refractivity contribution in [3.63, 3.8) is 0 Å². The summed E-state index contributed by atoms with van der Waals surface area (Å²) in [5.74, 6) is 0.0779. The predicted octanol–water partition coefficient (Wildman–Crippen LogP) is 6.53.